The van der Waals surface area contributed by atoms with Crippen LogP contribution in [-0.4, -0.2) is 4.98 Å². The third kappa shape index (κ3) is 1.45. The number of pyridine rings is 1. The number of benzene rings is 1. The summed E-state index contributed by atoms with van der Waals surface area (Å²) < 4.78 is 0. The number of nitrogens with one attached hydrogen (secondary N) is 1. The first-order valence-corrected chi connectivity index (χ1v) is 5.18. The largest absolute Gasteiger partial charge is 0.357 e. The monoisotopic (exact) mass is 221 g/mol. The minimum atomic E-state index is -0.0917. The summed E-state index contributed by atoms with van der Waals surface area (Å²) in [5, 5.41) is 0.944. The number of aromatic nitrogens is 1. The van der Waals surface area contributed by atoms with Gasteiger partial charge in [-0.2, -0.15) is 0 Å². The van der Waals surface area contributed by atoms with E-state index in [-0.39, 0.29) is 10.5 Å². The van der Waals surface area contributed by atoms with E-state index in [1.165, 1.54) is 5.56 Å². The number of hydrogen-bond donors (Lipinski definition) is 1. The lowest BCUT2D eigenvalue weighted by Crippen LogP contribution is -2.07. The van der Waals surface area contributed by atoms with Gasteiger partial charge in [0, 0.05) is 11.1 Å². The maximum atomic E-state index is 11.9. The van der Waals surface area contributed by atoms with Gasteiger partial charge in [-0.1, -0.05) is 17.7 Å². The van der Waals surface area contributed by atoms with Gasteiger partial charge in [-0.05, 0) is 38.0 Å². The van der Waals surface area contributed by atoms with E-state index in [9.17, 15) is 4.79 Å². The Bertz CT molecular complexity index is 599. The Labute approximate surface area is 92.9 Å². The number of aromatic amines is 1. The van der Waals surface area contributed by atoms with Gasteiger partial charge in [0.05, 0.1) is 5.52 Å². The number of H-pyrrole nitrogens is 1. The van der Waals surface area contributed by atoms with Crippen molar-refractivity contribution in [1.82, 2.24) is 4.98 Å². The molecule has 78 valence electrons. The summed E-state index contributed by atoms with van der Waals surface area (Å²) in [4.78, 5) is 15.0. The van der Waals surface area contributed by atoms with Crippen LogP contribution in [0.1, 0.15) is 16.8 Å². The lowest BCUT2D eigenvalue weighted by Gasteiger charge is -2.07. The van der Waals surface area contributed by atoms with Gasteiger partial charge >= 0.3 is 0 Å². The second-order valence-electron chi connectivity index (χ2n) is 3.82. The summed E-state index contributed by atoms with van der Waals surface area (Å²) in [6, 6.07) is 3.76. The van der Waals surface area contributed by atoms with Crippen LogP contribution in [0, 0.1) is 20.8 Å². The molecule has 1 N–H and O–H groups in total. The molecule has 0 radical (unpaired) electrons. The fourth-order valence-corrected chi connectivity index (χ4v) is 1.85. The number of fused-ring (bicyclic) bond motifs is 1. The minimum Gasteiger partial charge on any atom is -0.357 e. The molecule has 2 aromatic rings. The minimum absolute atomic E-state index is 0.0917. The molecule has 0 spiro atoms. The number of rotatable bonds is 0. The molecule has 0 amide bonds. The maximum absolute atomic E-state index is 11.9. The average Bonchev–Trinajstić information content (AvgIpc) is 2.21. The van der Waals surface area contributed by atoms with Gasteiger partial charge in [0.25, 0.3) is 0 Å². The molecule has 2 nitrogen and oxygen atoms in total. The smallest absolute Gasteiger partial charge is 0.208 e. The highest BCUT2D eigenvalue weighted by molar-refractivity contribution is 6.31. The van der Waals surface area contributed by atoms with Crippen LogP contribution in [-0.2, 0) is 0 Å². The van der Waals surface area contributed by atoms with Gasteiger partial charge in [-0.3, -0.25) is 4.79 Å². The Balaban J connectivity index is 3.06. The molecule has 0 saturated heterocycles. The van der Waals surface area contributed by atoms with E-state index in [2.05, 4.69) is 4.98 Å². The van der Waals surface area contributed by atoms with Crippen molar-refractivity contribution in [3.63, 3.8) is 0 Å². The first kappa shape index (κ1) is 10.2. The summed E-state index contributed by atoms with van der Waals surface area (Å²) in [6.07, 6.45) is 0. The van der Waals surface area contributed by atoms with Gasteiger partial charge < -0.3 is 4.98 Å². The molecule has 0 aliphatic rings. The van der Waals surface area contributed by atoms with Crippen LogP contribution in [0.2, 0.25) is 5.02 Å². The third-order valence-corrected chi connectivity index (χ3v) is 3.28. The van der Waals surface area contributed by atoms with Crippen molar-refractivity contribution >= 4 is 22.5 Å². The first-order valence-electron chi connectivity index (χ1n) is 4.80. The van der Waals surface area contributed by atoms with Crippen molar-refractivity contribution < 1.29 is 0 Å². The van der Waals surface area contributed by atoms with E-state index in [1.807, 2.05) is 32.9 Å². The zero-order valence-corrected chi connectivity index (χ0v) is 9.70. The number of halogens is 1. The molecular weight excluding hydrogens is 210 g/mol. The van der Waals surface area contributed by atoms with Crippen molar-refractivity contribution in [3.05, 3.63) is 44.2 Å². The summed E-state index contributed by atoms with van der Waals surface area (Å²) in [5.41, 5.74) is 3.79. The fraction of sp³-hybridized carbons (Fsp3) is 0.250. The highest BCUT2D eigenvalue weighted by atomic mass is 35.5. The van der Waals surface area contributed by atoms with Crippen LogP contribution < -0.4 is 5.43 Å². The highest BCUT2D eigenvalue weighted by Gasteiger charge is 2.09. The second kappa shape index (κ2) is 3.38. The molecular formula is C12H12ClNO. The Morgan fingerprint density at radius 2 is 1.87 bits per heavy atom. The molecule has 1 heterocycles. The van der Waals surface area contributed by atoms with Crippen LogP contribution in [0.3, 0.4) is 0 Å². The Kier molecular flexibility index (Phi) is 2.31. The van der Waals surface area contributed by atoms with E-state index in [0.29, 0.717) is 5.39 Å². The topological polar surface area (TPSA) is 32.9 Å². The first-order chi connectivity index (χ1) is 7.02. The molecule has 15 heavy (non-hydrogen) atoms. The second-order valence-corrected chi connectivity index (χ2v) is 4.20. The van der Waals surface area contributed by atoms with Crippen molar-refractivity contribution in [2.24, 2.45) is 0 Å². The summed E-state index contributed by atoms with van der Waals surface area (Å²) in [7, 11) is 0. The molecule has 0 fully saturated rings. The summed E-state index contributed by atoms with van der Waals surface area (Å²) >= 11 is 5.91. The van der Waals surface area contributed by atoms with Crippen molar-refractivity contribution in [3.8, 4) is 0 Å². The molecule has 2 rings (SSSR count). The highest BCUT2D eigenvalue weighted by Crippen LogP contribution is 2.20. The van der Waals surface area contributed by atoms with Gasteiger partial charge in [-0.15, -0.1) is 0 Å². The van der Waals surface area contributed by atoms with Gasteiger partial charge in [-0.25, -0.2) is 0 Å². The zero-order valence-electron chi connectivity index (χ0n) is 8.94. The normalized spacial score (nSPS) is 10.9. The van der Waals surface area contributed by atoms with Crippen LogP contribution in [0.25, 0.3) is 10.9 Å². The van der Waals surface area contributed by atoms with Gasteiger partial charge in [0.1, 0.15) is 5.02 Å². The van der Waals surface area contributed by atoms with Crippen molar-refractivity contribution in [1.29, 1.82) is 0 Å². The van der Waals surface area contributed by atoms with E-state index in [0.717, 1.165) is 16.8 Å². The van der Waals surface area contributed by atoms with Crippen LogP contribution in [0.4, 0.5) is 0 Å². The SMILES string of the molecule is Cc1ccc2c(=O)c(Cl)c(C)[nH]c2c1C. The molecule has 0 bridgehead atoms. The zero-order chi connectivity index (χ0) is 11.2. The molecule has 0 atom stereocenters. The van der Waals surface area contributed by atoms with E-state index < -0.39 is 0 Å². The molecule has 3 heteroatoms. The Morgan fingerprint density at radius 1 is 1.20 bits per heavy atom. The average molecular weight is 222 g/mol. The predicted molar refractivity (Wildman–Crippen MR) is 63.8 cm³/mol. The van der Waals surface area contributed by atoms with Gasteiger partial charge in [0.2, 0.25) is 5.43 Å². The Hall–Kier alpha value is -1.28. The standard InChI is InChI=1S/C12H12ClNO/c1-6-4-5-9-11(7(6)2)14-8(3)10(13)12(9)15/h4-5H,1-3H3,(H,14,15). The quantitative estimate of drug-likeness (QED) is 0.729. The Morgan fingerprint density at radius 3 is 2.53 bits per heavy atom. The van der Waals surface area contributed by atoms with Crippen LogP contribution in [0.5, 0.6) is 0 Å². The molecule has 0 unspecified atom stereocenters. The third-order valence-electron chi connectivity index (χ3n) is 2.82. The molecule has 1 aromatic heterocycles. The van der Waals surface area contributed by atoms with E-state index >= 15 is 0 Å². The van der Waals surface area contributed by atoms with E-state index in [4.69, 9.17) is 11.6 Å². The maximum Gasteiger partial charge on any atom is 0.208 e. The number of aryl methyl sites for hydroxylation is 3. The summed E-state index contributed by atoms with van der Waals surface area (Å²) in [6.45, 7) is 5.84. The molecule has 0 saturated carbocycles. The fourth-order valence-electron chi connectivity index (χ4n) is 1.70. The predicted octanol–water partition coefficient (Wildman–Crippen LogP) is 3.11. The van der Waals surface area contributed by atoms with Crippen LogP contribution in [0.15, 0.2) is 16.9 Å². The van der Waals surface area contributed by atoms with Gasteiger partial charge in [0.15, 0.2) is 0 Å². The van der Waals surface area contributed by atoms with Crippen molar-refractivity contribution in [2.75, 3.05) is 0 Å². The lowest BCUT2D eigenvalue weighted by atomic mass is 10.0. The number of hydrogen-bond acceptors (Lipinski definition) is 1. The molecule has 0 aliphatic carbocycles. The van der Waals surface area contributed by atoms with Crippen molar-refractivity contribution in [2.45, 2.75) is 20.8 Å². The molecule has 0 aliphatic heterocycles. The molecule has 1 aromatic carbocycles. The van der Waals surface area contributed by atoms with Crippen LogP contribution >= 0.6 is 11.6 Å². The lowest BCUT2D eigenvalue weighted by molar-refractivity contribution is 1.22. The summed E-state index contributed by atoms with van der Waals surface area (Å²) in [5.74, 6) is 0. The van der Waals surface area contributed by atoms with E-state index in [1.54, 1.807) is 0 Å².